The van der Waals surface area contributed by atoms with Crippen LogP contribution in [0.5, 0.6) is 0 Å². The lowest BCUT2D eigenvalue weighted by Gasteiger charge is -2.17. The van der Waals surface area contributed by atoms with E-state index in [4.69, 9.17) is 0 Å². The average Bonchev–Trinajstić information content (AvgIpc) is 2.87. The number of aromatic nitrogens is 1. The summed E-state index contributed by atoms with van der Waals surface area (Å²) in [7, 11) is -3.27. The quantitative estimate of drug-likeness (QED) is 0.679. The summed E-state index contributed by atoms with van der Waals surface area (Å²) in [5, 5.41) is 13.9. The van der Waals surface area contributed by atoms with Gasteiger partial charge in [0.1, 0.15) is 0 Å². The fraction of sp³-hybridized carbons (Fsp3) is 0.214. The molecule has 1 aromatic heterocycles. The minimum Gasteiger partial charge on any atom is -0.334 e. The summed E-state index contributed by atoms with van der Waals surface area (Å²) in [5.74, 6) is 0.245. The molecule has 120 valence electrons. The first-order valence-electron chi connectivity index (χ1n) is 6.94. The number of sulfonamides is 1. The van der Waals surface area contributed by atoms with Crippen molar-refractivity contribution in [1.82, 2.24) is 4.98 Å². The number of pyridine rings is 1. The molecular formula is C14H14N4O4S. The smallest absolute Gasteiger partial charge is 0.311 e. The highest BCUT2D eigenvalue weighted by atomic mass is 32.2. The second kappa shape index (κ2) is 5.84. The monoisotopic (exact) mass is 334 g/mol. The van der Waals surface area contributed by atoms with E-state index < -0.39 is 14.9 Å². The first-order chi connectivity index (χ1) is 11.0. The molecule has 0 aliphatic carbocycles. The SMILES string of the molecule is O=[N+]([O-])c1cccnc1Nc1cccc(N2CCCS2(=O)=O)c1. The van der Waals surface area contributed by atoms with E-state index in [0.29, 0.717) is 24.3 Å². The summed E-state index contributed by atoms with van der Waals surface area (Å²) in [6.07, 6.45) is 2.04. The van der Waals surface area contributed by atoms with Crippen molar-refractivity contribution in [2.75, 3.05) is 21.9 Å². The number of anilines is 3. The minimum atomic E-state index is -3.27. The van der Waals surface area contributed by atoms with Gasteiger partial charge in [-0.1, -0.05) is 6.07 Å². The number of hydrogen-bond donors (Lipinski definition) is 1. The van der Waals surface area contributed by atoms with E-state index in [0.717, 1.165) is 0 Å². The highest BCUT2D eigenvalue weighted by molar-refractivity contribution is 7.93. The summed E-state index contributed by atoms with van der Waals surface area (Å²) in [4.78, 5) is 14.5. The Kier molecular flexibility index (Phi) is 3.87. The molecule has 23 heavy (non-hydrogen) atoms. The van der Waals surface area contributed by atoms with Crippen molar-refractivity contribution in [2.45, 2.75) is 6.42 Å². The first kappa shape index (κ1) is 15.2. The Labute approximate surface area is 133 Å². The molecule has 2 aromatic rings. The summed E-state index contributed by atoms with van der Waals surface area (Å²) in [5.41, 5.74) is 0.921. The molecule has 9 heteroatoms. The molecule has 0 atom stereocenters. The topological polar surface area (TPSA) is 105 Å². The second-order valence-corrected chi connectivity index (χ2v) is 7.06. The number of rotatable bonds is 4. The maximum atomic E-state index is 12.0. The predicted octanol–water partition coefficient (Wildman–Crippen LogP) is 2.27. The van der Waals surface area contributed by atoms with Crippen molar-refractivity contribution >= 4 is 32.9 Å². The third-order valence-electron chi connectivity index (χ3n) is 3.48. The van der Waals surface area contributed by atoms with Crippen LogP contribution in [0.2, 0.25) is 0 Å². The van der Waals surface area contributed by atoms with Crippen molar-refractivity contribution < 1.29 is 13.3 Å². The molecule has 8 nitrogen and oxygen atoms in total. The fourth-order valence-corrected chi connectivity index (χ4v) is 4.00. The lowest BCUT2D eigenvalue weighted by atomic mass is 10.2. The number of nitro groups is 1. The molecule has 0 unspecified atom stereocenters. The molecule has 0 radical (unpaired) electrons. The van der Waals surface area contributed by atoms with Gasteiger partial charge in [0.25, 0.3) is 0 Å². The summed E-state index contributed by atoms with van der Waals surface area (Å²) in [6, 6.07) is 9.56. The predicted molar refractivity (Wildman–Crippen MR) is 86.4 cm³/mol. The van der Waals surface area contributed by atoms with Crippen LogP contribution in [0.1, 0.15) is 6.42 Å². The number of nitrogens with one attached hydrogen (secondary N) is 1. The Bertz CT molecular complexity index is 853. The Hall–Kier alpha value is -2.68. The molecule has 0 spiro atoms. The van der Waals surface area contributed by atoms with Crippen molar-refractivity contribution in [1.29, 1.82) is 0 Å². The maximum absolute atomic E-state index is 12.0. The lowest BCUT2D eigenvalue weighted by molar-refractivity contribution is -0.384. The molecule has 2 heterocycles. The van der Waals surface area contributed by atoms with Crippen LogP contribution in [0.25, 0.3) is 0 Å². The zero-order valence-electron chi connectivity index (χ0n) is 12.0. The number of nitrogens with zero attached hydrogens (tertiary/aromatic N) is 3. The van der Waals surface area contributed by atoms with Crippen molar-refractivity contribution in [3.63, 3.8) is 0 Å². The molecule has 1 N–H and O–H groups in total. The van der Waals surface area contributed by atoms with Gasteiger partial charge in [0.05, 0.1) is 16.4 Å². The zero-order valence-corrected chi connectivity index (χ0v) is 12.9. The van der Waals surface area contributed by atoms with Gasteiger partial charge in [0.15, 0.2) is 0 Å². The molecule has 1 aromatic carbocycles. The van der Waals surface area contributed by atoms with Gasteiger partial charge in [-0.3, -0.25) is 14.4 Å². The van der Waals surface area contributed by atoms with Gasteiger partial charge in [-0.2, -0.15) is 0 Å². The van der Waals surface area contributed by atoms with Gasteiger partial charge in [-0.05, 0) is 30.7 Å². The van der Waals surface area contributed by atoms with E-state index in [1.165, 1.54) is 22.6 Å². The van der Waals surface area contributed by atoms with Crippen LogP contribution < -0.4 is 9.62 Å². The number of benzene rings is 1. The third kappa shape index (κ3) is 3.09. The number of hydrogen-bond acceptors (Lipinski definition) is 6. The Morgan fingerprint density at radius 2 is 2.09 bits per heavy atom. The van der Waals surface area contributed by atoms with Crippen LogP contribution in [-0.2, 0) is 10.0 Å². The van der Waals surface area contributed by atoms with E-state index in [2.05, 4.69) is 10.3 Å². The third-order valence-corrected chi connectivity index (χ3v) is 5.35. The molecule has 0 amide bonds. The van der Waals surface area contributed by atoms with Crippen LogP contribution in [0.4, 0.5) is 22.9 Å². The second-order valence-electron chi connectivity index (χ2n) is 5.05. The Morgan fingerprint density at radius 3 is 2.78 bits per heavy atom. The van der Waals surface area contributed by atoms with Gasteiger partial charge in [-0.15, -0.1) is 0 Å². The van der Waals surface area contributed by atoms with Gasteiger partial charge in [0, 0.05) is 24.5 Å². The van der Waals surface area contributed by atoms with E-state index in [1.807, 2.05) is 0 Å². The van der Waals surface area contributed by atoms with Crippen molar-refractivity contribution in [3.05, 3.63) is 52.7 Å². The van der Waals surface area contributed by atoms with Gasteiger partial charge in [-0.25, -0.2) is 13.4 Å². The molecule has 1 aliphatic rings. The van der Waals surface area contributed by atoms with E-state index in [1.54, 1.807) is 24.3 Å². The average molecular weight is 334 g/mol. The van der Waals surface area contributed by atoms with Gasteiger partial charge >= 0.3 is 5.69 Å². The minimum absolute atomic E-state index is 0.110. The standard InChI is InChI=1S/C14H14N4O4S/c19-18(20)13-6-2-7-15-14(13)16-11-4-1-5-12(10-11)17-8-3-9-23(17,21)22/h1-2,4-7,10H,3,8-9H2,(H,15,16). The van der Waals surface area contributed by atoms with Crippen LogP contribution in [0.15, 0.2) is 42.6 Å². The molecule has 0 saturated carbocycles. The van der Waals surface area contributed by atoms with Crippen LogP contribution >= 0.6 is 0 Å². The normalized spacial score (nSPS) is 16.3. The highest BCUT2D eigenvalue weighted by Gasteiger charge is 2.28. The molecule has 1 saturated heterocycles. The summed E-state index contributed by atoms with van der Waals surface area (Å²) >= 11 is 0. The lowest BCUT2D eigenvalue weighted by Crippen LogP contribution is -2.25. The Morgan fingerprint density at radius 1 is 1.26 bits per heavy atom. The zero-order chi connectivity index (χ0) is 16.4. The van der Waals surface area contributed by atoms with Crippen LogP contribution in [0, 0.1) is 10.1 Å². The Balaban J connectivity index is 1.91. The van der Waals surface area contributed by atoms with Crippen molar-refractivity contribution in [3.8, 4) is 0 Å². The first-order valence-corrected chi connectivity index (χ1v) is 8.55. The van der Waals surface area contributed by atoms with Gasteiger partial charge < -0.3 is 5.32 Å². The maximum Gasteiger partial charge on any atom is 0.311 e. The van der Waals surface area contributed by atoms with E-state index in [9.17, 15) is 18.5 Å². The molecule has 0 bridgehead atoms. The molecule has 1 aliphatic heterocycles. The fourth-order valence-electron chi connectivity index (χ4n) is 2.45. The van der Waals surface area contributed by atoms with Gasteiger partial charge in [0.2, 0.25) is 15.8 Å². The van der Waals surface area contributed by atoms with E-state index in [-0.39, 0.29) is 17.3 Å². The van der Waals surface area contributed by atoms with Crippen molar-refractivity contribution in [2.24, 2.45) is 0 Å². The van der Waals surface area contributed by atoms with E-state index >= 15 is 0 Å². The molecule has 1 fully saturated rings. The summed E-state index contributed by atoms with van der Waals surface area (Å²) in [6.45, 7) is 0.440. The van der Waals surface area contributed by atoms with Crippen LogP contribution in [-0.4, -0.2) is 30.6 Å². The largest absolute Gasteiger partial charge is 0.334 e. The molecular weight excluding hydrogens is 320 g/mol. The highest BCUT2D eigenvalue weighted by Crippen LogP contribution is 2.29. The molecule has 3 rings (SSSR count). The van der Waals surface area contributed by atoms with Crippen LogP contribution in [0.3, 0.4) is 0 Å². The summed E-state index contributed by atoms with van der Waals surface area (Å²) < 4.78 is 25.3.